The smallest absolute Gasteiger partial charge is 0.129 e. The fourth-order valence-corrected chi connectivity index (χ4v) is 1.94. The monoisotopic (exact) mass is 264 g/mol. The van der Waals surface area contributed by atoms with Crippen LogP contribution in [0.2, 0.25) is 0 Å². The molecule has 1 N–H and O–H groups in total. The van der Waals surface area contributed by atoms with Crippen molar-refractivity contribution >= 4 is 0 Å². The van der Waals surface area contributed by atoms with Gasteiger partial charge in [-0.25, -0.2) is 8.78 Å². The van der Waals surface area contributed by atoms with Gasteiger partial charge in [-0.3, -0.25) is 0 Å². The summed E-state index contributed by atoms with van der Waals surface area (Å²) in [5.41, 5.74) is -1.26. The van der Waals surface area contributed by atoms with E-state index in [-0.39, 0.29) is 5.56 Å². The lowest BCUT2D eigenvalue weighted by molar-refractivity contribution is 0.0974. The zero-order chi connectivity index (χ0) is 14.0. The standard InChI is InChI=1S/C15H14F2O2/c1-15(18,10-3-6-12(19-2)7-4-10)13-9-11(16)5-8-14(13)17/h3-9,18H,1-2H3. The molecule has 100 valence electrons. The molecule has 2 aromatic rings. The maximum atomic E-state index is 13.7. The van der Waals surface area contributed by atoms with E-state index in [4.69, 9.17) is 4.74 Å². The molecular formula is C15H14F2O2. The number of hydrogen-bond acceptors (Lipinski definition) is 2. The van der Waals surface area contributed by atoms with Crippen molar-refractivity contribution in [2.45, 2.75) is 12.5 Å². The number of methoxy groups -OCH3 is 1. The number of ether oxygens (including phenoxy) is 1. The molecule has 0 aliphatic carbocycles. The van der Waals surface area contributed by atoms with E-state index in [0.29, 0.717) is 11.3 Å². The van der Waals surface area contributed by atoms with Crippen LogP contribution in [0.5, 0.6) is 5.75 Å². The summed E-state index contributed by atoms with van der Waals surface area (Å²) in [6, 6.07) is 9.56. The van der Waals surface area contributed by atoms with E-state index in [0.717, 1.165) is 18.2 Å². The average molecular weight is 264 g/mol. The molecule has 2 aromatic carbocycles. The third-order valence-electron chi connectivity index (χ3n) is 3.10. The second kappa shape index (κ2) is 4.97. The molecule has 0 heterocycles. The van der Waals surface area contributed by atoms with E-state index < -0.39 is 17.2 Å². The van der Waals surface area contributed by atoms with Gasteiger partial charge in [-0.2, -0.15) is 0 Å². The lowest BCUT2D eigenvalue weighted by Gasteiger charge is -2.25. The molecule has 4 heteroatoms. The first-order valence-corrected chi connectivity index (χ1v) is 5.77. The van der Waals surface area contributed by atoms with Crippen LogP contribution >= 0.6 is 0 Å². The molecule has 0 spiro atoms. The number of aliphatic hydroxyl groups is 1. The molecule has 0 bridgehead atoms. The Kier molecular flexibility index (Phi) is 3.53. The number of rotatable bonds is 3. The van der Waals surface area contributed by atoms with Gasteiger partial charge in [-0.15, -0.1) is 0 Å². The molecule has 0 saturated heterocycles. The molecule has 0 aliphatic heterocycles. The zero-order valence-corrected chi connectivity index (χ0v) is 10.7. The molecule has 0 saturated carbocycles. The van der Waals surface area contributed by atoms with Gasteiger partial charge in [0.1, 0.15) is 23.0 Å². The van der Waals surface area contributed by atoms with Gasteiger partial charge in [0.15, 0.2) is 0 Å². The zero-order valence-electron chi connectivity index (χ0n) is 10.7. The SMILES string of the molecule is COc1ccc(C(C)(O)c2cc(F)ccc2F)cc1. The molecule has 0 amide bonds. The highest BCUT2D eigenvalue weighted by molar-refractivity contribution is 5.38. The maximum absolute atomic E-state index is 13.7. The van der Waals surface area contributed by atoms with Crippen molar-refractivity contribution in [3.63, 3.8) is 0 Å². The van der Waals surface area contributed by atoms with Crippen LogP contribution in [0.15, 0.2) is 42.5 Å². The van der Waals surface area contributed by atoms with Crippen molar-refractivity contribution in [1.29, 1.82) is 0 Å². The molecule has 0 fully saturated rings. The maximum Gasteiger partial charge on any atom is 0.129 e. The van der Waals surface area contributed by atoms with Crippen molar-refractivity contribution in [3.8, 4) is 5.75 Å². The van der Waals surface area contributed by atoms with E-state index in [1.165, 1.54) is 14.0 Å². The van der Waals surface area contributed by atoms with Crippen LogP contribution in [0.3, 0.4) is 0 Å². The predicted octanol–water partition coefficient (Wildman–Crippen LogP) is 3.23. The van der Waals surface area contributed by atoms with Gasteiger partial charge in [0, 0.05) is 5.56 Å². The summed E-state index contributed by atoms with van der Waals surface area (Å²) in [7, 11) is 1.53. The molecule has 0 aromatic heterocycles. The van der Waals surface area contributed by atoms with Crippen molar-refractivity contribution < 1.29 is 18.6 Å². The Morgan fingerprint density at radius 2 is 1.68 bits per heavy atom. The normalized spacial score (nSPS) is 13.9. The molecule has 0 aliphatic rings. The number of hydrogen-bond donors (Lipinski definition) is 1. The first-order chi connectivity index (χ1) is 8.95. The Bertz CT molecular complexity index is 577. The summed E-state index contributed by atoms with van der Waals surface area (Å²) in [6.45, 7) is 1.42. The highest BCUT2D eigenvalue weighted by atomic mass is 19.1. The summed E-state index contributed by atoms with van der Waals surface area (Å²) in [5.74, 6) is -0.619. The van der Waals surface area contributed by atoms with E-state index in [9.17, 15) is 13.9 Å². The van der Waals surface area contributed by atoms with Crippen molar-refractivity contribution in [1.82, 2.24) is 0 Å². The van der Waals surface area contributed by atoms with Crippen molar-refractivity contribution in [3.05, 3.63) is 65.2 Å². The van der Waals surface area contributed by atoms with Crippen LogP contribution in [0.4, 0.5) is 8.78 Å². The van der Waals surface area contributed by atoms with Gasteiger partial charge in [-0.05, 0) is 42.8 Å². The van der Waals surface area contributed by atoms with Gasteiger partial charge >= 0.3 is 0 Å². The molecule has 2 nitrogen and oxygen atoms in total. The highest BCUT2D eigenvalue weighted by Crippen LogP contribution is 2.32. The van der Waals surface area contributed by atoms with Crippen molar-refractivity contribution in [2.24, 2.45) is 0 Å². The second-order valence-electron chi connectivity index (χ2n) is 4.42. The quantitative estimate of drug-likeness (QED) is 0.922. The Morgan fingerprint density at radius 1 is 1.05 bits per heavy atom. The summed E-state index contributed by atoms with van der Waals surface area (Å²) < 4.78 is 32.0. The summed E-state index contributed by atoms with van der Waals surface area (Å²) in [5, 5.41) is 10.5. The molecule has 1 atom stereocenters. The van der Waals surface area contributed by atoms with Crippen LogP contribution in [-0.4, -0.2) is 12.2 Å². The lowest BCUT2D eigenvalue weighted by atomic mass is 9.88. The van der Waals surface area contributed by atoms with E-state index in [1.54, 1.807) is 24.3 Å². The molecule has 19 heavy (non-hydrogen) atoms. The molecule has 2 rings (SSSR count). The molecule has 0 radical (unpaired) electrons. The third kappa shape index (κ3) is 2.58. The van der Waals surface area contributed by atoms with Crippen LogP contribution in [0, 0.1) is 11.6 Å². The largest absolute Gasteiger partial charge is 0.497 e. The first kappa shape index (κ1) is 13.5. The van der Waals surface area contributed by atoms with Gasteiger partial charge in [0.2, 0.25) is 0 Å². The van der Waals surface area contributed by atoms with E-state index in [2.05, 4.69) is 0 Å². The van der Waals surface area contributed by atoms with Gasteiger partial charge in [0.05, 0.1) is 7.11 Å². The number of halogens is 2. The Labute approximate surface area is 110 Å². The minimum Gasteiger partial charge on any atom is -0.497 e. The topological polar surface area (TPSA) is 29.5 Å². The van der Waals surface area contributed by atoms with Crippen molar-refractivity contribution in [2.75, 3.05) is 7.11 Å². The van der Waals surface area contributed by atoms with Gasteiger partial charge in [0.25, 0.3) is 0 Å². The summed E-state index contributed by atoms with van der Waals surface area (Å²) in [6.07, 6.45) is 0. The Hall–Kier alpha value is -1.94. The molecular weight excluding hydrogens is 250 g/mol. The van der Waals surface area contributed by atoms with Crippen LogP contribution in [0.1, 0.15) is 18.1 Å². The first-order valence-electron chi connectivity index (χ1n) is 5.77. The Balaban J connectivity index is 2.48. The molecule has 1 unspecified atom stereocenters. The minimum atomic E-state index is -1.61. The summed E-state index contributed by atoms with van der Waals surface area (Å²) >= 11 is 0. The highest BCUT2D eigenvalue weighted by Gasteiger charge is 2.29. The van der Waals surface area contributed by atoms with Gasteiger partial charge < -0.3 is 9.84 Å². The summed E-state index contributed by atoms with van der Waals surface area (Å²) in [4.78, 5) is 0. The third-order valence-corrected chi connectivity index (χ3v) is 3.10. The van der Waals surface area contributed by atoms with E-state index in [1.807, 2.05) is 0 Å². The van der Waals surface area contributed by atoms with Crippen LogP contribution < -0.4 is 4.74 Å². The van der Waals surface area contributed by atoms with E-state index >= 15 is 0 Å². The van der Waals surface area contributed by atoms with Crippen LogP contribution in [0.25, 0.3) is 0 Å². The average Bonchev–Trinajstić information content (AvgIpc) is 2.41. The predicted molar refractivity (Wildman–Crippen MR) is 68.0 cm³/mol. The number of benzene rings is 2. The lowest BCUT2D eigenvalue weighted by Crippen LogP contribution is -2.24. The minimum absolute atomic E-state index is 0.0994. The van der Waals surface area contributed by atoms with Crippen LogP contribution in [-0.2, 0) is 5.60 Å². The fraction of sp³-hybridized carbons (Fsp3) is 0.200. The second-order valence-corrected chi connectivity index (χ2v) is 4.42. The Morgan fingerprint density at radius 3 is 2.26 bits per heavy atom. The fourth-order valence-electron chi connectivity index (χ4n) is 1.94. The van der Waals surface area contributed by atoms with Gasteiger partial charge in [-0.1, -0.05) is 12.1 Å².